The van der Waals surface area contributed by atoms with E-state index in [4.69, 9.17) is 18.9 Å². The van der Waals surface area contributed by atoms with Crippen molar-refractivity contribution in [1.29, 1.82) is 0 Å². The van der Waals surface area contributed by atoms with Crippen molar-refractivity contribution in [1.82, 2.24) is 0 Å². The molecule has 92 valence electrons. The standard InChI is InChI=1S/C11H18O5/c1-6(2)13-5-7-8-9(10(12)14-7)16-11(3,4)15-8/h6-9H,5H2,1-4H3/t7-,8+,9+/m1/s1. The molecule has 2 aliphatic rings. The Morgan fingerprint density at radius 1 is 1.38 bits per heavy atom. The molecule has 5 heteroatoms. The lowest BCUT2D eigenvalue weighted by atomic mass is 10.1. The summed E-state index contributed by atoms with van der Waals surface area (Å²) in [5.74, 6) is -1.07. The first kappa shape index (κ1) is 11.8. The van der Waals surface area contributed by atoms with E-state index >= 15 is 0 Å². The Bertz CT molecular complexity index is 286. The summed E-state index contributed by atoms with van der Waals surface area (Å²) in [6.07, 6.45) is -1.20. The molecule has 0 aromatic heterocycles. The summed E-state index contributed by atoms with van der Waals surface area (Å²) in [6, 6.07) is 0. The van der Waals surface area contributed by atoms with Crippen LogP contribution in [0.4, 0.5) is 0 Å². The average Bonchev–Trinajstić information content (AvgIpc) is 2.59. The summed E-state index contributed by atoms with van der Waals surface area (Å²) >= 11 is 0. The zero-order chi connectivity index (χ0) is 11.9. The number of esters is 1. The molecule has 0 spiro atoms. The SMILES string of the molecule is CC(C)OC[C@H]1OC(=O)[C@H]2OC(C)(C)O[C@H]21. The van der Waals surface area contributed by atoms with Gasteiger partial charge in [0.05, 0.1) is 12.7 Å². The third-order valence-electron chi connectivity index (χ3n) is 2.59. The summed E-state index contributed by atoms with van der Waals surface area (Å²) in [7, 11) is 0. The van der Waals surface area contributed by atoms with Crippen molar-refractivity contribution in [2.24, 2.45) is 0 Å². The highest BCUT2D eigenvalue weighted by Crippen LogP contribution is 2.36. The van der Waals surface area contributed by atoms with Gasteiger partial charge in [0.1, 0.15) is 6.10 Å². The van der Waals surface area contributed by atoms with Gasteiger partial charge < -0.3 is 18.9 Å². The van der Waals surface area contributed by atoms with E-state index in [1.54, 1.807) is 13.8 Å². The monoisotopic (exact) mass is 230 g/mol. The number of fused-ring (bicyclic) bond motifs is 1. The zero-order valence-corrected chi connectivity index (χ0v) is 10.1. The minimum atomic E-state index is -0.717. The zero-order valence-electron chi connectivity index (χ0n) is 10.1. The van der Waals surface area contributed by atoms with Crippen molar-refractivity contribution in [2.75, 3.05) is 6.61 Å². The molecular formula is C11H18O5. The third kappa shape index (κ3) is 2.21. The van der Waals surface area contributed by atoms with Gasteiger partial charge in [0, 0.05) is 0 Å². The summed E-state index contributed by atoms with van der Waals surface area (Å²) in [5.41, 5.74) is 0. The van der Waals surface area contributed by atoms with E-state index in [0.717, 1.165) is 0 Å². The lowest BCUT2D eigenvalue weighted by molar-refractivity contribution is -0.190. The fraction of sp³-hybridized carbons (Fsp3) is 0.909. The molecule has 2 saturated heterocycles. The molecule has 2 heterocycles. The predicted octanol–water partition coefficient (Wildman–Crippen LogP) is 0.857. The van der Waals surface area contributed by atoms with Gasteiger partial charge in [-0.1, -0.05) is 0 Å². The Balaban J connectivity index is 1.99. The largest absolute Gasteiger partial charge is 0.455 e. The number of hydrogen-bond donors (Lipinski definition) is 0. The third-order valence-corrected chi connectivity index (χ3v) is 2.59. The van der Waals surface area contributed by atoms with Crippen LogP contribution in [-0.4, -0.2) is 42.8 Å². The first-order valence-electron chi connectivity index (χ1n) is 5.57. The second kappa shape index (κ2) is 3.98. The molecule has 2 aliphatic heterocycles. The predicted molar refractivity (Wildman–Crippen MR) is 54.8 cm³/mol. The van der Waals surface area contributed by atoms with Gasteiger partial charge in [-0.3, -0.25) is 0 Å². The first-order valence-corrected chi connectivity index (χ1v) is 5.57. The van der Waals surface area contributed by atoms with Gasteiger partial charge in [0.2, 0.25) is 0 Å². The summed E-state index contributed by atoms with van der Waals surface area (Å²) in [6.45, 7) is 7.80. The molecule has 0 bridgehead atoms. The van der Waals surface area contributed by atoms with Gasteiger partial charge >= 0.3 is 5.97 Å². The topological polar surface area (TPSA) is 54.0 Å². The molecule has 2 rings (SSSR count). The summed E-state index contributed by atoms with van der Waals surface area (Å²) in [4.78, 5) is 11.5. The molecule has 0 unspecified atom stereocenters. The number of rotatable bonds is 3. The van der Waals surface area contributed by atoms with Gasteiger partial charge in [0.15, 0.2) is 18.0 Å². The van der Waals surface area contributed by atoms with Crippen molar-refractivity contribution in [3.63, 3.8) is 0 Å². The smallest absolute Gasteiger partial charge is 0.338 e. The molecule has 0 aromatic carbocycles. The molecule has 0 aliphatic carbocycles. The van der Waals surface area contributed by atoms with E-state index in [9.17, 15) is 4.79 Å². The van der Waals surface area contributed by atoms with E-state index in [1.165, 1.54) is 0 Å². The Morgan fingerprint density at radius 2 is 2.06 bits per heavy atom. The van der Waals surface area contributed by atoms with Crippen molar-refractivity contribution in [3.05, 3.63) is 0 Å². The number of carbonyl (C=O) groups is 1. The molecular weight excluding hydrogens is 212 g/mol. The lowest BCUT2D eigenvalue weighted by Crippen LogP contribution is -2.33. The van der Waals surface area contributed by atoms with Crippen LogP contribution in [0.3, 0.4) is 0 Å². The average molecular weight is 230 g/mol. The van der Waals surface area contributed by atoms with Crippen LogP contribution in [0.5, 0.6) is 0 Å². The van der Waals surface area contributed by atoms with E-state index in [-0.39, 0.29) is 24.3 Å². The van der Waals surface area contributed by atoms with E-state index in [0.29, 0.717) is 6.61 Å². The van der Waals surface area contributed by atoms with Crippen LogP contribution >= 0.6 is 0 Å². The Morgan fingerprint density at radius 3 is 2.69 bits per heavy atom. The molecule has 0 radical (unpaired) electrons. The molecule has 3 atom stereocenters. The molecule has 0 saturated carbocycles. The van der Waals surface area contributed by atoms with Crippen molar-refractivity contribution < 1.29 is 23.7 Å². The highest BCUT2D eigenvalue weighted by atomic mass is 16.8. The fourth-order valence-electron chi connectivity index (χ4n) is 1.94. The molecule has 0 N–H and O–H groups in total. The van der Waals surface area contributed by atoms with Crippen LogP contribution in [0.2, 0.25) is 0 Å². The lowest BCUT2D eigenvalue weighted by Gasteiger charge is -2.21. The maximum atomic E-state index is 11.5. The maximum absolute atomic E-state index is 11.5. The Labute approximate surface area is 95.0 Å². The van der Waals surface area contributed by atoms with Crippen LogP contribution in [0.1, 0.15) is 27.7 Å². The Hall–Kier alpha value is -0.650. The molecule has 16 heavy (non-hydrogen) atoms. The Kier molecular flexibility index (Phi) is 2.94. The normalized spacial score (nSPS) is 36.6. The second-order valence-electron chi connectivity index (χ2n) is 4.88. The minimum absolute atomic E-state index is 0.105. The minimum Gasteiger partial charge on any atom is -0.455 e. The molecule has 0 aromatic rings. The molecule has 2 fully saturated rings. The maximum Gasteiger partial charge on any atom is 0.338 e. The van der Waals surface area contributed by atoms with Crippen LogP contribution < -0.4 is 0 Å². The van der Waals surface area contributed by atoms with Crippen molar-refractivity contribution >= 4 is 5.97 Å². The number of ether oxygens (including phenoxy) is 4. The molecule has 0 amide bonds. The van der Waals surface area contributed by atoms with Gasteiger partial charge in [-0.2, -0.15) is 0 Å². The van der Waals surface area contributed by atoms with Gasteiger partial charge in [-0.25, -0.2) is 4.79 Å². The second-order valence-corrected chi connectivity index (χ2v) is 4.88. The highest BCUT2D eigenvalue weighted by Gasteiger charge is 2.55. The van der Waals surface area contributed by atoms with Gasteiger partial charge in [0.25, 0.3) is 0 Å². The number of carbonyl (C=O) groups excluding carboxylic acids is 1. The molecule has 5 nitrogen and oxygen atoms in total. The van der Waals surface area contributed by atoms with E-state index < -0.39 is 11.9 Å². The van der Waals surface area contributed by atoms with Crippen LogP contribution in [0.15, 0.2) is 0 Å². The van der Waals surface area contributed by atoms with Crippen molar-refractivity contribution in [2.45, 2.75) is 57.9 Å². The fourth-order valence-corrected chi connectivity index (χ4v) is 1.94. The van der Waals surface area contributed by atoms with Crippen molar-refractivity contribution in [3.8, 4) is 0 Å². The van der Waals surface area contributed by atoms with Gasteiger partial charge in [-0.05, 0) is 27.7 Å². The first-order chi connectivity index (χ1) is 7.39. The summed E-state index contributed by atoms with van der Waals surface area (Å²) in [5, 5.41) is 0. The quantitative estimate of drug-likeness (QED) is 0.673. The van der Waals surface area contributed by atoms with Gasteiger partial charge in [-0.15, -0.1) is 0 Å². The van der Waals surface area contributed by atoms with Crippen LogP contribution in [0, 0.1) is 0 Å². The van der Waals surface area contributed by atoms with Crippen LogP contribution in [0.25, 0.3) is 0 Å². The van der Waals surface area contributed by atoms with E-state index in [1.807, 2.05) is 13.8 Å². The van der Waals surface area contributed by atoms with Crippen LogP contribution in [-0.2, 0) is 23.7 Å². The number of cyclic esters (lactones) is 1. The number of hydrogen-bond acceptors (Lipinski definition) is 5. The summed E-state index contributed by atoms with van der Waals surface area (Å²) < 4.78 is 21.7. The highest BCUT2D eigenvalue weighted by molar-refractivity contribution is 5.78. The van der Waals surface area contributed by atoms with E-state index in [2.05, 4.69) is 0 Å².